The van der Waals surface area contributed by atoms with Crippen molar-refractivity contribution in [3.63, 3.8) is 0 Å². The van der Waals surface area contributed by atoms with E-state index in [0.717, 1.165) is 38.1 Å². The normalized spacial score (nSPS) is 15.4. The topological polar surface area (TPSA) is 230 Å². The molecule has 0 saturated carbocycles. The molecule has 0 bridgehead atoms. The fourth-order valence-electron chi connectivity index (χ4n) is 5.95. The summed E-state index contributed by atoms with van der Waals surface area (Å²) in [7, 11) is -0.406. The Kier molecular flexibility index (Phi) is 12.9. The van der Waals surface area contributed by atoms with Gasteiger partial charge < -0.3 is 36.9 Å². The van der Waals surface area contributed by atoms with Crippen LogP contribution in [0.2, 0.25) is 0 Å². The molecular formula is C35H42F2N10O6S. The molecule has 0 atom stereocenters. The first-order chi connectivity index (χ1) is 25.8. The van der Waals surface area contributed by atoms with E-state index in [1.165, 1.54) is 61.4 Å². The molecule has 0 amide bonds. The van der Waals surface area contributed by atoms with Gasteiger partial charge >= 0.3 is 0 Å². The van der Waals surface area contributed by atoms with Crippen molar-refractivity contribution >= 4 is 45.1 Å². The second kappa shape index (κ2) is 17.5. The van der Waals surface area contributed by atoms with E-state index in [2.05, 4.69) is 35.9 Å². The number of nitrogens with one attached hydrogen (secondary N) is 3. The summed E-state index contributed by atoms with van der Waals surface area (Å²) >= 11 is 0. The minimum atomic E-state index is -3.20. The van der Waals surface area contributed by atoms with Gasteiger partial charge in [-0.05, 0) is 75.2 Å². The van der Waals surface area contributed by atoms with E-state index in [9.17, 15) is 26.8 Å². The Morgan fingerprint density at radius 2 is 1.19 bits per heavy atom. The Balaban J connectivity index is 0.000000210. The second-order valence-electron chi connectivity index (χ2n) is 12.6. The van der Waals surface area contributed by atoms with E-state index in [4.69, 9.17) is 20.9 Å². The number of sulfonamides is 1. The van der Waals surface area contributed by atoms with Crippen LogP contribution in [0.5, 0.6) is 11.5 Å². The highest BCUT2D eigenvalue weighted by molar-refractivity contribution is 7.88. The number of halogens is 2. The third kappa shape index (κ3) is 9.91. The van der Waals surface area contributed by atoms with Gasteiger partial charge in [-0.25, -0.2) is 31.5 Å². The Bertz CT molecular complexity index is 2100. The molecule has 4 aromatic rings. The van der Waals surface area contributed by atoms with Crippen LogP contribution in [0, 0.1) is 11.6 Å². The number of rotatable bonds is 11. The van der Waals surface area contributed by atoms with Crippen molar-refractivity contribution in [1.29, 1.82) is 0 Å². The molecule has 0 aliphatic carbocycles. The summed E-state index contributed by atoms with van der Waals surface area (Å²) < 4.78 is 61.9. The van der Waals surface area contributed by atoms with Gasteiger partial charge in [-0.2, -0.15) is 9.97 Å². The zero-order valence-electron chi connectivity index (χ0n) is 29.9. The van der Waals surface area contributed by atoms with Gasteiger partial charge in [0.1, 0.15) is 34.8 Å². The number of nitrogens with two attached hydrogens (primary N) is 2. The Hall–Kier alpha value is -5.53. The monoisotopic (exact) mass is 768 g/mol. The van der Waals surface area contributed by atoms with E-state index in [-0.39, 0.29) is 63.4 Å². The fourth-order valence-corrected chi connectivity index (χ4v) is 6.82. The molecule has 288 valence electrons. The quantitative estimate of drug-likeness (QED) is 0.138. The first-order valence-electron chi connectivity index (χ1n) is 17.0. The van der Waals surface area contributed by atoms with Gasteiger partial charge in [0.2, 0.25) is 33.5 Å². The van der Waals surface area contributed by atoms with Crippen LogP contribution in [0.15, 0.2) is 48.8 Å². The van der Waals surface area contributed by atoms with Gasteiger partial charge in [-0.1, -0.05) is 0 Å². The first-order valence-corrected chi connectivity index (χ1v) is 18.8. The van der Waals surface area contributed by atoms with Crippen LogP contribution >= 0.6 is 0 Å². The van der Waals surface area contributed by atoms with Gasteiger partial charge in [-0.15, -0.1) is 0 Å². The molecule has 2 aromatic heterocycles. The molecule has 2 fully saturated rings. The number of nitrogens with zero attached hydrogens (tertiary/aromatic N) is 5. The molecule has 2 aliphatic heterocycles. The number of nitrogen functional groups attached to an aromatic ring is 2. The molecule has 16 nitrogen and oxygen atoms in total. The number of methoxy groups -OCH3 is 2. The molecule has 0 spiro atoms. The Morgan fingerprint density at radius 1 is 0.759 bits per heavy atom. The smallest absolute Gasteiger partial charge is 0.224 e. The van der Waals surface area contributed by atoms with Gasteiger partial charge in [0.05, 0.1) is 42.7 Å². The van der Waals surface area contributed by atoms with Crippen molar-refractivity contribution in [3.8, 4) is 11.5 Å². The first kappa shape index (κ1) is 39.7. The van der Waals surface area contributed by atoms with Gasteiger partial charge in [0.25, 0.3) is 0 Å². The lowest BCUT2D eigenvalue weighted by atomic mass is 10.0. The van der Waals surface area contributed by atoms with E-state index in [1.807, 2.05) is 0 Å². The highest BCUT2D eigenvalue weighted by atomic mass is 32.2. The van der Waals surface area contributed by atoms with Crippen LogP contribution in [0.1, 0.15) is 57.5 Å². The number of benzene rings is 2. The Morgan fingerprint density at radius 3 is 1.57 bits per heavy atom. The lowest BCUT2D eigenvalue weighted by molar-refractivity contribution is 0.102. The highest BCUT2D eigenvalue weighted by Crippen LogP contribution is 2.27. The number of ketones is 2. The predicted molar refractivity (Wildman–Crippen MR) is 198 cm³/mol. The predicted octanol–water partition coefficient (Wildman–Crippen LogP) is 2.87. The minimum Gasteiger partial charge on any atom is -0.496 e. The molecule has 6 rings (SSSR count). The third-order valence-electron chi connectivity index (χ3n) is 8.87. The maximum atomic E-state index is 13.6. The van der Waals surface area contributed by atoms with Gasteiger partial charge in [-0.3, -0.25) is 9.59 Å². The largest absolute Gasteiger partial charge is 0.496 e. The maximum absolute atomic E-state index is 13.6. The number of ether oxygens (including phenoxy) is 2. The van der Waals surface area contributed by atoms with E-state index < -0.39 is 33.2 Å². The molecule has 54 heavy (non-hydrogen) atoms. The maximum Gasteiger partial charge on any atom is 0.224 e. The van der Waals surface area contributed by atoms with Crippen molar-refractivity contribution in [2.75, 3.05) is 68.8 Å². The molecule has 0 unspecified atom stereocenters. The van der Waals surface area contributed by atoms with Gasteiger partial charge in [0.15, 0.2) is 0 Å². The summed E-state index contributed by atoms with van der Waals surface area (Å²) in [5, 5.41) is 9.61. The number of piperidine rings is 2. The number of hydrogen-bond acceptors (Lipinski definition) is 15. The molecule has 2 aliphatic rings. The van der Waals surface area contributed by atoms with E-state index >= 15 is 0 Å². The summed E-state index contributed by atoms with van der Waals surface area (Å²) in [6.07, 6.45) is 6.94. The van der Waals surface area contributed by atoms with Crippen LogP contribution in [-0.2, 0) is 10.0 Å². The average molecular weight is 769 g/mol. The van der Waals surface area contributed by atoms with E-state index in [0.29, 0.717) is 31.9 Å². The lowest BCUT2D eigenvalue weighted by Gasteiger charge is -2.30. The number of carbonyl (C=O) groups is 2. The molecule has 7 N–H and O–H groups in total. The molecule has 0 radical (unpaired) electrons. The zero-order chi connectivity index (χ0) is 39.0. The minimum absolute atomic E-state index is 0.0164. The SMILES string of the molecule is COc1ccc(F)cc1C(=O)c1cnc(NC2CCN(S(C)(=O)=O)CC2)nc1N.COc1ccc(F)cc1C(=O)c1cnc(NC2CCNCC2)nc1N. The van der Waals surface area contributed by atoms with Crippen molar-refractivity contribution in [2.45, 2.75) is 37.8 Å². The second-order valence-corrected chi connectivity index (χ2v) is 14.6. The van der Waals surface area contributed by atoms with Crippen molar-refractivity contribution in [1.82, 2.24) is 29.6 Å². The van der Waals surface area contributed by atoms with Crippen molar-refractivity contribution in [2.24, 2.45) is 0 Å². The summed E-state index contributed by atoms with van der Waals surface area (Å²) in [5.74, 6) is -1.04. The molecule has 2 aromatic carbocycles. The van der Waals surface area contributed by atoms with Crippen LogP contribution in [0.4, 0.5) is 32.3 Å². The number of anilines is 4. The summed E-state index contributed by atoms with van der Waals surface area (Å²) in [5.41, 5.74) is 12.1. The molecular weight excluding hydrogens is 727 g/mol. The van der Waals surface area contributed by atoms with E-state index in [1.54, 1.807) is 0 Å². The third-order valence-corrected chi connectivity index (χ3v) is 10.2. The Labute approximate surface area is 311 Å². The standard InChI is InChI=1S/C18H22FN5O4S.C17H20FN5O2/c1-28-15-4-3-11(19)9-13(15)16(25)14-10-21-18(23-17(14)20)22-12-5-7-24(8-6-12)29(2,26)27;1-25-14-3-2-10(18)8-12(14)15(24)13-9-21-17(23-16(13)19)22-11-4-6-20-7-5-11/h3-4,9-10,12H,5-8H2,1-2H3,(H3,20,21,22,23);2-3,8-9,11,20H,4-7H2,1H3,(H3,19,21,22,23). The highest BCUT2D eigenvalue weighted by Gasteiger charge is 2.26. The van der Waals surface area contributed by atoms with Crippen LogP contribution in [0.25, 0.3) is 0 Å². The number of carbonyl (C=O) groups excluding carboxylic acids is 2. The zero-order valence-corrected chi connectivity index (χ0v) is 30.8. The van der Waals surface area contributed by atoms with Crippen molar-refractivity contribution in [3.05, 3.63) is 82.7 Å². The molecule has 4 heterocycles. The lowest BCUT2D eigenvalue weighted by Crippen LogP contribution is -2.42. The number of aromatic nitrogens is 4. The summed E-state index contributed by atoms with van der Waals surface area (Å²) in [6, 6.07) is 7.61. The van der Waals surface area contributed by atoms with Gasteiger partial charge in [0, 0.05) is 37.6 Å². The average Bonchev–Trinajstić information content (AvgIpc) is 3.15. The van der Waals surface area contributed by atoms with Crippen LogP contribution in [-0.4, -0.2) is 103 Å². The van der Waals surface area contributed by atoms with Crippen molar-refractivity contribution < 1.29 is 36.3 Å². The van der Waals surface area contributed by atoms with Crippen LogP contribution < -0.4 is 36.9 Å². The molecule has 19 heteroatoms. The van der Waals surface area contributed by atoms with Crippen LogP contribution in [0.3, 0.4) is 0 Å². The summed E-state index contributed by atoms with van der Waals surface area (Å²) in [6.45, 7) is 2.68. The summed E-state index contributed by atoms with van der Waals surface area (Å²) in [4.78, 5) is 42.0. The fraction of sp³-hybridized carbons (Fsp3) is 0.371. The number of hydrogen-bond donors (Lipinski definition) is 5. The molecule has 2 saturated heterocycles.